The minimum Gasteiger partial charge on any atom is -0.360 e. The van der Waals surface area contributed by atoms with Crippen molar-refractivity contribution in [1.82, 2.24) is 14.4 Å². The molecule has 1 saturated heterocycles. The standard InChI is InChI=1S/C16H23N3O4S/c1-11(14-4-5-14)10-15(20)18-6-8-19(9-7-18)24(21,22)16-12(2)17-23-13(16)3/h10,14H,4-9H2,1-3H3. The predicted molar refractivity (Wildman–Crippen MR) is 87.8 cm³/mol. The fourth-order valence-corrected chi connectivity index (χ4v) is 4.78. The van der Waals surface area contributed by atoms with Crippen molar-refractivity contribution < 1.29 is 17.7 Å². The zero-order chi connectivity index (χ0) is 17.5. The van der Waals surface area contributed by atoms with Crippen LogP contribution in [-0.4, -0.2) is 54.9 Å². The summed E-state index contributed by atoms with van der Waals surface area (Å²) in [5, 5.41) is 3.72. The minimum atomic E-state index is -3.63. The first-order valence-corrected chi connectivity index (χ1v) is 9.65. The molecule has 0 radical (unpaired) electrons. The second kappa shape index (κ2) is 6.33. The molecule has 3 rings (SSSR count). The van der Waals surface area contributed by atoms with Gasteiger partial charge in [-0.15, -0.1) is 0 Å². The predicted octanol–water partition coefficient (Wildman–Crippen LogP) is 1.48. The van der Waals surface area contributed by atoms with Crippen LogP contribution in [-0.2, 0) is 14.8 Å². The topological polar surface area (TPSA) is 83.7 Å². The maximum Gasteiger partial charge on any atom is 0.248 e. The highest BCUT2D eigenvalue weighted by Gasteiger charge is 2.34. The maximum atomic E-state index is 12.8. The van der Waals surface area contributed by atoms with Crippen molar-refractivity contribution in [3.63, 3.8) is 0 Å². The van der Waals surface area contributed by atoms with E-state index in [4.69, 9.17) is 4.52 Å². The van der Waals surface area contributed by atoms with E-state index in [0.29, 0.717) is 30.5 Å². The van der Waals surface area contributed by atoms with E-state index in [1.165, 1.54) is 17.1 Å². The minimum absolute atomic E-state index is 0.0196. The summed E-state index contributed by atoms with van der Waals surface area (Å²) in [7, 11) is -3.63. The fourth-order valence-electron chi connectivity index (χ4n) is 3.06. The zero-order valence-electron chi connectivity index (χ0n) is 14.3. The summed E-state index contributed by atoms with van der Waals surface area (Å²) in [4.78, 5) is 14.1. The molecule has 1 amide bonds. The van der Waals surface area contributed by atoms with Crippen LogP contribution in [0.15, 0.2) is 21.1 Å². The summed E-state index contributed by atoms with van der Waals surface area (Å²) in [5.41, 5.74) is 1.50. The third-order valence-electron chi connectivity index (χ3n) is 4.69. The molecule has 0 atom stereocenters. The normalized spacial score (nSPS) is 20.5. The average Bonchev–Trinajstić information content (AvgIpc) is 3.33. The van der Waals surface area contributed by atoms with Crippen molar-refractivity contribution in [1.29, 1.82) is 0 Å². The molecule has 2 fully saturated rings. The van der Waals surface area contributed by atoms with Crippen molar-refractivity contribution in [2.45, 2.75) is 38.5 Å². The van der Waals surface area contributed by atoms with Gasteiger partial charge in [-0.3, -0.25) is 4.79 Å². The number of sulfonamides is 1. The molecule has 0 N–H and O–H groups in total. The molecule has 0 bridgehead atoms. The third kappa shape index (κ3) is 3.25. The summed E-state index contributed by atoms with van der Waals surface area (Å²) >= 11 is 0. The number of carbonyl (C=O) groups excluding carboxylic acids is 1. The van der Waals surface area contributed by atoms with Crippen molar-refractivity contribution in [2.75, 3.05) is 26.2 Å². The largest absolute Gasteiger partial charge is 0.360 e. The van der Waals surface area contributed by atoms with Crippen molar-refractivity contribution >= 4 is 15.9 Å². The highest BCUT2D eigenvalue weighted by molar-refractivity contribution is 7.89. The maximum absolute atomic E-state index is 12.8. The van der Waals surface area contributed by atoms with Gasteiger partial charge in [-0.2, -0.15) is 4.31 Å². The number of rotatable bonds is 4. The summed E-state index contributed by atoms with van der Waals surface area (Å²) in [5.74, 6) is 0.845. The molecular weight excluding hydrogens is 330 g/mol. The molecule has 8 heteroatoms. The van der Waals surface area contributed by atoms with Gasteiger partial charge < -0.3 is 9.42 Å². The Morgan fingerprint density at radius 1 is 1.21 bits per heavy atom. The second-order valence-electron chi connectivity index (χ2n) is 6.55. The molecule has 1 aliphatic carbocycles. The van der Waals surface area contributed by atoms with Crippen LogP contribution in [0, 0.1) is 19.8 Å². The van der Waals surface area contributed by atoms with Crippen LogP contribution in [0.2, 0.25) is 0 Å². The lowest BCUT2D eigenvalue weighted by Crippen LogP contribution is -2.50. The Morgan fingerprint density at radius 3 is 2.33 bits per heavy atom. The molecule has 0 spiro atoms. The molecule has 2 heterocycles. The number of allylic oxidation sites excluding steroid dienone is 1. The van der Waals surface area contributed by atoms with Gasteiger partial charge in [0.25, 0.3) is 0 Å². The number of amides is 1. The monoisotopic (exact) mass is 353 g/mol. The highest BCUT2D eigenvalue weighted by Crippen LogP contribution is 2.36. The van der Waals surface area contributed by atoms with E-state index >= 15 is 0 Å². The van der Waals surface area contributed by atoms with Gasteiger partial charge in [0, 0.05) is 32.3 Å². The van der Waals surface area contributed by atoms with Gasteiger partial charge in [-0.05, 0) is 39.5 Å². The Hall–Kier alpha value is -1.67. The molecule has 2 aliphatic rings. The van der Waals surface area contributed by atoms with Crippen molar-refractivity contribution in [2.24, 2.45) is 5.92 Å². The Labute approximate surface area is 142 Å². The number of nitrogens with zero attached hydrogens (tertiary/aromatic N) is 3. The summed E-state index contributed by atoms with van der Waals surface area (Å²) in [6.07, 6.45) is 4.04. The average molecular weight is 353 g/mol. The third-order valence-corrected chi connectivity index (χ3v) is 6.83. The number of hydrogen-bond donors (Lipinski definition) is 0. The van der Waals surface area contributed by atoms with Crippen LogP contribution < -0.4 is 0 Å². The lowest BCUT2D eigenvalue weighted by atomic mass is 10.2. The smallest absolute Gasteiger partial charge is 0.248 e. The Kier molecular flexibility index (Phi) is 4.52. The van der Waals surface area contributed by atoms with Gasteiger partial charge in [-0.1, -0.05) is 10.7 Å². The molecule has 1 aromatic heterocycles. The van der Waals surface area contributed by atoms with Crippen LogP contribution in [0.4, 0.5) is 0 Å². The molecule has 24 heavy (non-hydrogen) atoms. The van der Waals surface area contributed by atoms with Crippen LogP contribution in [0.5, 0.6) is 0 Å². The Balaban J connectivity index is 1.66. The molecule has 1 saturated carbocycles. The number of hydrogen-bond acceptors (Lipinski definition) is 5. The molecule has 1 aromatic rings. The first kappa shape index (κ1) is 17.2. The molecule has 0 unspecified atom stereocenters. The number of piperazine rings is 1. The Morgan fingerprint density at radius 2 is 1.83 bits per heavy atom. The van der Waals surface area contributed by atoms with Gasteiger partial charge in [0.15, 0.2) is 5.76 Å². The highest BCUT2D eigenvalue weighted by atomic mass is 32.2. The van der Waals surface area contributed by atoms with Crippen LogP contribution in [0.25, 0.3) is 0 Å². The molecule has 7 nitrogen and oxygen atoms in total. The van der Waals surface area contributed by atoms with E-state index in [1.807, 2.05) is 6.92 Å². The van der Waals surface area contributed by atoms with Crippen LogP contribution >= 0.6 is 0 Å². The van der Waals surface area contributed by atoms with Crippen molar-refractivity contribution in [3.8, 4) is 0 Å². The number of aromatic nitrogens is 1. The molecular formula is C16H23N3O4S. The van der Waals surface area contributed by atoms with E-state index in [9.17, 15) is 13.2 Å². The quantitative estimate of drug-likeness (QED) is 0.766. The van der Waals surface area contributed by atoms with Crippen LogP contribution in [0.3, 0.4) is 0 Å². The van der Waals surface area contributed by atoms with Gasteiger partial charge in [0.05, 0.1) is 0 Å². The van der Waals surface area contributed by atoms with E-state index in [1.54, 1.807) is 24.8 Å². The lowest BCUT2D eigenvalue weighted by molar-refractivity contribution is -0.127. The first-order valence-electron chi connectivity index (χ1n) is 8.21. The number of carbonyl (C=O) groups is 1. The number of aryl methyl sites for hydroxylation is 2. The van der Waals surface area contributed by atoms with E-state index < -0.39 is 10.0 Å². The van der Waals surface area contributed by atoms with Gasteiger partial charge in [-0.25, -0.2) is 8.42 Å². The molecule has 1 aliphatic heterocycles. The first-order chi connectivity index (χ1) is 11.3. The fraction of sp³-hybridized carbons (Fsp3) is 0.625. The lowest BCUT2D eigenvalue weighted by Gasteiger charge is -2.33. The Bertz CT molecular complexity index is 750. The van der Waals surface area contributed by atoms with Gasteiger partial charge in [0.2, 0.25) is 15.9 Å². The van der Waals surface area contributed by atoms with Crippen LogP contribution in [0.1, 0.15) is 31.2 Å². The SMILES string of the molecule is CC(=CC(=O)N1CCN(S(=O)(=O)c2c(C)noc2C)CC1)C1CC1. The molecule has 132 valence electrons. The second-order valence-corrected chi connectivity index (χ2v) is 8.42. The van der Waals surface area contributed by atoms with E-state index in [-0.39, 0.29) is 23.9 Å². The summed E-state index contributed by atoms with van der Waals surface area (Å²) in [6.45, 7) is 6.58. The van der Waals surface area contributed by atoms with Crippen molar-refractivity contribution in [3.05, 3.63) is 23.1 Å². The summed E-state index contributed by atoms with van der Waals surface area (Å²) in [6, 6.07) is 0. The van der Waals surface area contributed by atoms with E-state index in [0.717, 1.165) is 5.57 Å². The summed E-state index contributed by atoms with van der Waals surface area (Å²) < 4.78 is 31.9. The van der Waals surface area contributed by atoms with Gasteiger partial charge >= 0.3 is 0 Å². The molecule has 0 aromatic carbocycles. The van der Waals surface area contributed by atoms with Gasteiger partial charge in [0.1, 0.15) is 10.6 Å². The van der Waals surface area contributed by atoms with E-state index in [2.05, 4.69) is 5.16 Å². The zero-order valence-corrected chi connectivity index (χ0v) is 15.1.